The van der Waals surface area contributed by atoms with Gasteiger partial charge in [0.25, 0.3) is 5.91 Å². The summed E-state index contributed by atoms with van der Waals surface area (Å²) in [6.45, 7) is 2.87. The minimum absolute atomic E-state index is 0.00862. The molecule has 0 radical (unpaired) electrons. The van der Waals surface area contributed by atoms with Crippen molar-refractivity contribution in [1.29, 1.82) is 0 Å². The number of carbonyl (C=O) groups excluding carboxylic acids is 4. The number of benzene rings is 2. The van der Waals surface area contributed by atoms with Gasteiger partial charge in [0, 0.05) is 35.8 Å². The lowest BCUT2D eigenvalue weighted by atomic mass is 9.81. The molecule has 2 aromatic heterocycles. The first kappa shape index (κ1) is 41.8. The minimum Gasteiger partial charge on any atom is -0.483 e. The number of ether oxygens (including phenoxy) is 1. The topological polar surface area (TPSA) is 208 Å². The first-order valence-electron chi connectivity index (χ1n) is 19.6. The van der Waals surface area contributed by atoms with Crippen LogP contribution in [0, 0.1) is 17.8 Å². The van der Waals surface area contributed by atoms with E-state index in [2.05, 4.69) is 36.2 Å². The normalized spacial score (nSPS) is 15.9. The second-order valence-electron chi connectivity index (χ2n) is 15.0. The van der Waals surface area contributed by atoms with Crippen molar-refractivity contribution in [1.82, 2.24) is 36.2 Å². The molecular weight excluding hydrogens is 715 g/mol. The third-order valence-corrected chi connectivity index (χ3v) is 10.5. The molecule has 1 saturated carbocycles. The molecule has 1 aliphatic rings. The van der Waals surface area contributed by atoms with E-state index in [1.807, 2.05) is 50.2 Å². The molecule has 0 aliphatic heterocycles. The molecule has 2 heterocycles. The summed E-state index contributed by atoms with van der Waals surface area (Å²) in [5, 5.41) is 34.9. The molecule has 14 heteroatoms. The zero-order chi connectivity index (χ0) is 39.9. The highest BCUT2D eigenvalue weighted by molar-refractivity contribution is 5.91. The number of aromatic nitrogens is 3. The van der Waals surface area contributed by atoms with Crippen LogP contribution in [0.25, 0.3) is 10.8 Å². The first-order valence-corrected chi connectivity index (χ1v) is 19.6. The summed E-state index contributed by atoms with van der Waals surface area (Å²) in [6, 6.07) is 15.6. The van der Waals surface area contributed by atoms with Crippen molar-refractivity contribution in [3.8, 4) is 5.75 Å². The summed E-state index contributed by atoms with van der Waals surface area (Å²) < 4.78 is 5.90. The van der Waals surface area contributed by atoms with E-state index < -0.39 is 60.4 Å². The molecule has 0 spiro atoms. The number of nitrogens with one attached hydrogen (secondary N) is 5. The van der Waals surface area contributed by atoms with Crippen molar-refractivity contribution < 1.29 is 34.1 Å². The second kappa shape index (κ2) is 21.1. The van der Waals surface area contributed by atoms with Gasteiger partial charge in [0.1, 0.15) is 17.8 Å². The summed E-state index contributed by atoms with van der Waals surface area (Å²) in [5.74, 6) is -2.25. The number of aliphatic hydroxyl groups excluding tert-OH is 2. The number of aliphatic hydroxyl groups is 2. The van der Waals surface area contributed by atoms with Crippen molar-refractivity contribution in [3.05, 3.63) is 90.8 Å². The van der Waals surface area contributed by atoms with Gasteiger partial charge in [-0.2, -0.15) is 0 Å². The van der Waals surface area contributed by atoms with Gasteiger partial charge in [-0.3, -0.25) is 24.2 Å². The van der Waals surface area contributed by atoms with Gasteiger partial charge in [0.05, 0.1) is 37.3 Å². The number of imidazole rings is 1. The summed E-state index contributed by atoms with van der Waals surface area (Å²) in [5.41, 5.74) is 1.25. The molecular formula is C42H55N7O7. The first-order chi connectivity index (χ1) is 27.1. The van der Waals surface area contributed by atoms with E-state index in [-0.39, 0.29) is 37.8 Å². The molecule has 7 N–H and O–H groups in total. The van der Waals surface area contributed by atoms with Gasteiger partial charge in [-0.05, 0) is 48.3 Å². The quantitative estimate of drug-likeness (QED) is 0.0703. The Kier molecular flexibility index (Phi) is 15.8. The molecule has 14 nitrogen and oxygen atoms in total. The lowest BCUT2D eigenvalue weighted by Gasteiger charge is -2.33. The standard InChI is InChI=1S/C42H55N7O7/c1-27(2)33(40(53)49-36(24-50)41(54)45-23-30-15-8-9-18-44-30)21-37(51)34(19-28-11-4-3-5-12-28)48-42(55)35(20-31-22-43-26-46-31)47-39(52)25-56-38-17-10-14-29-13-6-7-16-32(29)38/h6-10,13-18,22,26-28,33-37,50-51H,3-5,11-12,19-21,23-25H2,1-2H3,(H,43,46)(H,45,54)(H,47,52)(H,48,55)(H,49,53)/t33-,34?,35-,36-,37-/m0/s1. The Morgan fingerprint density at radius 3 is 2.38 bits per heavy atom. The molecule has 5 rings (SSSR count). The predicted octanol–water partition coefficient (Wildman–Crippen LogP) is 3.34. The van der Waals surface area contributed by atoms with Crippen LogP contribution in [-0.2, 0) is 32.1 Å². The van der Waals surface area contributed by atoms with Crippen molar-refractivity contribution in [3.63, 3.8) is 0 Å². The van der Waals surface area contributed by atoms with Gasteiger partial charge in [0.2, 0.25) is 17.7 Å². The van der Waals surface area contributed by atoms with Crippen LogP contribution in [0.5, 0.6) is 5.75 Å². The highest BCUT2D eigenvalue weighted by atomic mass is 16.5. The Bertz CT molecular complexity index is 1850. The third-order valence-electron chi connectivity index (χ3n) is 10.5. The Labute approximate surface area is 327 Å². The fourth-order valence-corrected chi connectivity index (χ4v) is 7.29. The van der Waals surface area contributed by atoms with Gasteiger partial charge in [0.15, 0.2) is 6.61 Å². The van der Waals surface area contributed by atoms with E-state index in [4.69, 9.17) is 4.74 Å². The third kappa shape index (κ3) is 12.3. The fraction of sp³-hybridized carbons (Fsp3) is 0.476. The molecule has 56 heavy (non-hydrogen) atoms. The average Bonchev–Trinajstić information content (AvgIpc) is 3.73. The SMILES string of the molecule is CC(C)[C@H](C[C@H](O)C(CC1CCCCC1)NC(=O)[C@H](Cc1cnc[nH]1)NC(=O)COc1cccc2ccccc12)C(=O)N[C@@H](CO)C(=O)NCc1ccccn1. The monoisotopic (exact) mass is 769 g/mol. The summed E-state index contributed by atoms with van der Waals surface area (Å²) in [6.07, 6.45) is 9.29. The Hall–Kier alpha value is -5.34. The number of rotatable bonds is 20. The highest BCUT2D eigenvalue weighted by Gasteiger charge is 2.35. The minimum atomic E-state index is -1.21. The van der Waals surface area contributed by atoms with Crippen LogP contribution in [-0.4, -0.2) is 86.2 Å². The Morgan fingerprint density at radius 2 is 1.66 bits per heavy atom. The van der Waals surface area contributed by atoms with Crippen molar-refractivity contribution in [2.75, 3.05) is 13.2 Å². The van der Waals surface area contributed by atoms with Gasteiger partial charge in [-0.1, -0.05) is 88.4 Å². The van der Waals surface area contributed by atoms with Crippen molar-refractivity contribution >= 4 is 34.4 Å². The number of carbonyl (C=O) groups is 4. The molecule has 1 fully saturated rings. The van der Waals surface area contributed by atoms with E-state index in [9.17, 15) is 29.4 Å². The smallest absolute Gasteiger partial charge is 0.258 e. The van der Waals surface area contributed by atoms with Gasteiger partial charge < -0.3 is 41.2 Å². The van der Waals surface area contributed by atoms with Crippen LogP contribution in [0.3, 0.4) is 0 Å². The van der Waals surface area contributed by atoms with Crippen LogP contribution in [0.2, 0.25) is 0 Å². The molecule has 2 aromatic carbocycles. The molecule has 300 valence electrons. The van der Waals surface area contributed by atoms with Crippen LogP contribution < -0.4 is 26.0 Å². The number of hydrogen-bond donors (Lipinski definition) is 7. The molecule has 0 saturated heterocycles. The van der Waals surface area contributed by atoms with E-state index in [0.717, 1.165) is 42.9 Å². The maximum Gasteiger partial charge on any atom is 0.258 e. The number of H-pyrrole nitrogens is 1. The number of amides is 4. The van der Waals surface area contributed by atoms with Crippen LogP contribution in [0.1, 0.15) is 70.2 Å². The van der Waals surface area contributed by atoms with Crippen LogP contribution in [0.4, 0.5) is 0 Å². The largest absolute Gasteiger partial charge is 0.483 e. The van der Waals surface area contributed by atoms with Gasteiger partial charge in [-0.15, -0.1) is 0 Å². The molecule has 1 aliphatic carbocycles. The molecule has 0 bridgehead atoms. The van der Waals surface area contributed by atoms with Gasteiger partial charge >= 0.3 is 0 Å². The molecule has 1 unspecified atom stereocenters. The lowest BCUT2D eigenvalue weighted by Crippen LogP contribution is -2.55. The van der Waals surface area contributed by atoms with Gasteiger partial charge in [-0.25, -0.2) is 4.98 Å². The summed E-state index contributed by atoms with van der Waals surface area (Å²) in [4.78, 5) is 65.3. The second-order valence-corrected chi connectivity index (χ2v) is 15.0. The zero-order valence-electron chi connectivity index (χ0n) is 32.2. The highest BCUT2D eigenvalue weighted by Crippen LogP contribution is 2.30. The molecule has 5 atom stereocenters. The number of aromatic amines is 1. The maximum atomic E-state index is 14.1. The van der Waals surface area contributed by atoms with Crippen LogP contribution in [0.15, 0.2) is 79.4 Å². The Balaban J connectivity index is 1.26. The zero-order valence-corrected chi connectivity index (χ0v) is 32.2. The number of hydrogen-bond acceptors (Lipinski definition) is 9. The molecule has 4 aromatic rings. The number of nitrogens with zero attached hydrogens (tertiary/aromatic N) is 2. The Morgan fingerprint density at radius 1 is 0.893 bits per heavy atom. The average molecular weight is 770 g/mol. The predicted molar refractivity (Wildman–Crippen MR) is 211 cm³/mol. The van der Waals surface area contributed by atoms with Crippen molar-refractivity contribution in [2.45, 2.75) is 96.0 Å². The fourth-order valence-electron chi connectivity index (χ4n) is 7.29. The lowest BCUT2D eigenvalue weighted by molar-refractivity contribution is -0.134. The van der Waals surface area contributed by atoms with E-state index in [1.54, 1.807) is 36.7 Å². The van der Waals surface area contributed by atoms with Crippen molar-refractivity contribution in [2.24, 2.45) is 17.8 Å². The number of pyridine rings is 1. The van der Waals surface area contributed by atoms with E-state index in [1.165, 1.54) is 6.33 Å². The van der Waals surface area contributed by atoms with Crippen LogP contribution >= 0.6 is 0 Å². The van der Waals surface area contributed by atoms with E-state index in [0.29, 0.717) is 23.6 Å². The van der Waals surface area contributed by atoms with E-state index >= 15 is 0 Å². The number of fused-ring (bicyclic) bond motifs is 1. The molecule has 4 amide bonds. The summed E-state index contributed by atoms with van der Waals surface area (Å²) >= 11 is 0. The summed E-state index contributed by atoms with van der Waals surface area (Å²) in [7, 11) is 0. The maximum absolute atomic E-state index is 14.1.